The summed E-state index contributed by atoms with van der Waals surface area (Å²) in [6.07, 6.45) is 1.77. The van der Waals surface area contributed by atoms with Gasteiger partial charge in [0, 0.05) is 38.8 Å². The number of para-hydroxylation sites is 1. The van der Waals surface area contributed by atoms with Gasteiger partial charge in [-0.2, -0.15) is 23.8 Å². The van der Waals surface area contributed by atoms with E-state index in [0.717, 1.165) is 33.4 Å². The van der Waals surface area contributed by atoms with Gasteiger partial charge in [-0.3, -0.25) is 0 Å². The van der Waals surface area contributed by atoms with E-state index in [9.17, 15) is 0 Å². The largest absolute Gasteiger partial charge is 0.497 e. The Hall–Kier alpha value is -3.16. The van der Waals surface area contributed by atoms with Gasteiger partial charge in [-0.25, -0.2) is 0 Å². The Morgan fingerprint density at radius 3 is 2.17 bits per heavy atom. The molecule has 0 saturated carbocycles. The number of pyridine rings is 1. The Morgan fingerprint density at radius 2 is 1.43 bits per heavy atom. The van der Waals surface area contributed by atoms with Crippen LogP contribution in [0, 0.1) is 18.2 Å². The molecule has 0 amide bonds. The first-order chi connectivity index (χ1) is 14.3. The second-order valence-electron chi connectivity index (χ2n) is 6.72. The van der Waals surface area contributed by atoms with Crippen molar-refractivity contribution in [2.75, 3.05) is 0 Å². The zero-order valence-corrected chi connectivity index (χ0v) is 18.5. The third-order valence-electron chi connectivity index (χ3n) is 4.81. The van der Waals surface area contributed by atoms with Crippen LogP contribution in [-0.2, 0) is 28.1 Å². The predicted octanol–water partition coefficient (Wildman–Crippen LogP) is 6.10. The summed E-state index contributed by atoms with van der Waals surface area (Å²) in [6, 6.07) is 35.8. The Kier molecular flexibility index (Phi) is 5.83. The van der Waals surface area contributed by atoms with Crippen LogP contribution in [0.2, 0.25) is 0 Å². The second-order valence-corrected chi connectivity index (χ2v) is 6.72. The van der Waals surface area contributed by atoms with Crippen LogP contribution in [-0.4, -0.2) is 9.55 Å². The van der Waals surface area contributed by atoms with Crippen molar-refractivity contribution in [1.29, 1.82) is 0 Å². The molecule has 0 bridgehead atoms. The molecule has 0 atom stereocenters. The van der Waals surface area contributed by atoms with Crippen molar-refractivity contribution >= 4 is 10.9 Å². The molecule has 4 heteroatoms. The molecule has 0 radical (unpaired) electrons. The minimum absolute atomic E-state index is 0. The van der Waals surface area contributed by atoms with Crippen molar-refractivity contribution < 1.29 is 25.8 Å². The van der Waals surface area contributed by atoms with E-state index in [1.165, 1.54) is 0 Å². The van der Waals surface area contributed by atoms with E-state index < -0.39 is 0 Å². The van der Waals surface area contributed by atoms with Crippen LogP contribution in [0.15, 0.2) is 85.1 Å². The van der Waals surface area contributed by atoms with Crippen LogP contribution in [0.4, 0.5) is 0 Å². The van der Waals surface area contributed by atoms with E-state index >= 15 is 0 Å². The molecule has 0 saturated heterocycles. The maximum absolute atomic E-state index is 6.05. The van der Waals surface area contributed by atoms with Gasteiger partial charge >= 0.3 is 0 Å². The number of hydrogen-bond acceptors (Lipinski definition) is 2. The van der Waals surface area contributed by atoms with Crippen LogP contribution in [0.5, 0.6) is 11.5 Å². The van der Waals surface area contributed by atoms with E-state index in [1.807, 2.05) is 73.8 Å². The van der Waals surface area contributed by atoms with Crippen molar-refractivity contribution in [2.45, 2.75) is 0 Å². The van der Waals surface area contributed by atoms with Gasteiger partial charge in [0.2, 0.25) is 0 Å². The number of fused-ring (bicyclic) bond motifs is 1. The van der Waals surface area contributed by atoms with E-state index in [2.05, 4.69) is 39.9 Å². The van der Waals surface area contributed by atoms with Gasteiger partial charge in [-0.05, 0) is 24.3 Å². The van der Waals surface area contributed by atoms with Crippen molar-refractivity contribution in [3.8, 4) is 34.0 Å². The summed E-state index contributed by atoms with van der Waals surface area (Å²) in [5, 5.41) is 1.08. The summed E-state index contributed by atoms with van der Waals surface area (Å²) in [5.74, 6) is 1.26. The number of ether oxygens (including phenoxy) is 1. The minimum atomic E-state index is 0. The van der Waals surface area contributed by atoms with E-state index in [0.29, 0.717) is 11.5 Å². The van der Waals surface area contributed by atoms with Crippen molar-refractivity contribution in [3.63, 3.8) is 0 Å². The van der Waals surface area contributed by atoms with Gasteiger partial charge in [0.1, 0.15) is 0 Å². The molecule has 150 valence electrons. The van der Waals surface area contributed by atoms with Gasteiger partial charge in [-0.1, -0.05) is 30.3 Å². The average molecular weight is 569 g/mol. The number of rotatable bonds is 4. The van der Waals surface area contributed by atoms with Crippen LogP contribution in [0.3, 0.4) is 0 Å². The number of aryl methyl sites for hydroxylation is 1. The van der Waals surface area contributed by atoms with Gasteiger partial charge in [0.05, 0.1) is 0 Å². The molecule has 0 aliphatic heterocycles. The predicted molar refractivity (Wildman–Crippen MR) is 115 cm³/mol. The first-order valence-electron chi connectivity index (χ1n) is 9.39. The summed E-state index contributed by atoms with van der Waals surface area (Å²) < 4.78 is 8.18. The van der Waals surface area contributed by atoms with Crippen LogP contribution >= 0.6 is 0 Å². The van der Waals surface area contributed by atoms with Crippen molar-refractivity contribution in [2.24, 2.45) is 7.05 Å². The van der Waals surface area contributed by atoms with Crippen molar-refractivity contribution in [3.05, 3.63) is 103 Å². The number of nitrogens with zero attached hydrogens (tertiary/aromatic N) is 2. The summed E-state index contributed by atoms with van der Waals surface area (Å²) in [7, 11) is 2.04. The monoisotopic (exact) mass is 568 g/mol. The Labute approximate surface area is 190 Å². The molecule has 0 fully saturated rings. The molecule has 3 nitrogen and oxygen atoms in total. The molecule has 0 aliphatic carbocycles. The second kappa shape index (κ2) is 8.69. The van der Waals surface area contributed by atoms with Gasteiger partial charge in [0.15, 0.2) is 0 Å². The average Bonchev–Trinajstić information content (AvgIpc) is 3.12. The zero-order chi connectivity index (χ0) is 19.6. The molecular formula is C26H17N2OPt-3. The van der Waals surface area contributed by atoms with Crippen LogP contribution in [0.25, 0.3) is 33.4 Å². The minimum Gasteiger partial charge on any atom is -0.497 e. The summed E-state index contributed by atoms with van der Waals surface area (Å²) in [6.45, 7) is 0. The quantitative estimate of drug-likeness (QED) is 0.245. The maximum atomic E-state index is 6.05. The molecule has 30 heavy (non-hydrogen) atoms. The molecule has 2 aromatic heterocycles. The first kappa shape index (κ1) is 20.1. The van der Waals surface area contributed by atoms with Crippen LogP contribution in [0.1, 0.15) is 0 Å². The smallest absolute Gasteiger partial charge is 0.0428 e. The third kappa shape index (κ3) is 3.94. The molecule has 0 N–H and O–H groups in total. The third-order valence-corrected chi connectivity index (χ3v) is 4.81. The maximum Gasteiger partial charge on any atom is 0.0428 e. The van der Waals surface area contributed by atoms with Gasteiger partial charge in [-0.15, -0.1) is 59.1 Å². The summed E-state index contributed by atoms with van der Waals surface area (Å²) in [5.41, 5.74) is 4.80. The molecule has 3 aromatic carbocycles. The molecule has 0 unspecified atom stereocenters. The van der Waals surface area contributed by atoms with Gasteiger partial charge in [0.25, 0.3) is 0 Å². The van der Waals surface area contributed by atoms with E-state index in [4.69, 9.17) is 4.74 Å². The summed E-state index contributed by atoms with van der Waals surface area (Å²) >= 11 is 0. The summed E-state index contributed by atoms with van der Waals surface area (Å²) in [4.78, 5) is 4.38. The SMILES string of the molecule is Cn1c(-c2[c-]c(Oc3[c-]c(-c4ccccn4)ccc3)ccc2)[c-]c2ccccc21.[Pt]. The normalized spacial score (nSPS) is 10.6. The molecule has 2 heterocycles. The first-order valence-corrected chi connectivity index (χ1v) is 9.39. The van der Waals surface area contributed by atoms with Crippen molar-refractivity contribution in [1.82, 2.24) is 9.55 Å². The fourth-order valence-corrected chi connectivity index (χ4v) is 3.39. The van der Waals surface area contributed by atoms with Crippen LogP contribution < -0.4 is 4.74 Å². The number of aromatic nitrogens is 2. The van der Waals surface area contributed by atoms with Gasteiger partial charge < -0.3 is 14.3 Å². The zero-order valence-electron chi connectivity index (χ0n) is 16.2. The molecule has 0 aliphatic rings. The molecular weight excluding hydrogens is 551 g/mol. The number of benzene rings is 3. The Morgan fingerprint density at radius 1 is 0.733 bits per heavy atom. The standard InChI is InChI=1S/C26H17N2O.Pt/c1-28-25-14-3-2-8-21(25)18-26(28)20-10-7-12-23(17-20)29-22-11-6-9-19(16-22)24-13-4-5-15-27-24;/h2-15H,1H3;/q-3;. The van der Waals surface area contributed by atoms with E-state index in [-0.39, 0.29) is 21.1 Å². The Balaban J connectivity index is 0.00000218. The fourth-order valence-electron chi connectivity index (χ4n) is 3.39. The molecule has 5 aromatic rings. The Bertz CT molecular complexity index is 1290. The molecule has 5 rings (SSSR count). The van der Waals surface area contributed by atoms with E-state index in [1.54, 1.807) is 6.20 Å². The topological polar surface area (TPSA) is 27.1 Å². The number of hydrogen-bond donors (Lipinski definition) is 0. The molecule has 0 spiro atoms. The fraction of sp³-hybridized carbons (Fsp3) is 0.0385.